The fourth-order valence-corrected chi connectivity index (χ4v) is 3.48. The average Bonchev–Trinajstić information content (AvgIpc) is 1.95. The summed E-state index contributed by atoms with van der Waals surface area (Å²) < 4.78 is 24.1. The molecule has 0 aliphatic carbocycles. The van der Waals surface area contributed by atoms with Gasteiger partial charge in [0.1, 0.15) is 0 Å². The van der Waals surface area contributed by atoms with Crippen molar-refractivity contribution in [2.24, 2.45) is 11.3 Å². The molecule has 2 heterocycles. The number of likely N-dealkylation sites (tertiary alicyclic amines) is 1. The molecule has 0 unspecified atom stereocenters. The Bertz CT molecular complexity index is 400. The number of nitrogens with zero attached hydrogens (tertiary/aromatic N) is 2. The monoisotopic (exact) mass is 244 g/mol. The van der Waals surface area contributed by atoms with Crippen molar-refractivity contribution in [2.45, 2.75) is 13.8 Å². The standard InChI is InChI=1S/C11H20N2O2S/c1-9(2)10(3)12-5-11(6-12)7-13(8-11)16(4,14)15/h9H,3,5-8H2,1-2,4H3. The molecule has 0 aromatic carbocycles. The highest BCUT2D eigenvalue weighted by atomic mass is 32.2. The first kappa shape index (κ1) is 11.9. The number of allylic oxidation sites excluding steroid dienone is 1. The maximum absolute atomic E-state index is 11.3. The van der Waals surface area contributed by atoms with Gasteiger partial charge in [0.25, 0.3) is 0 Å². The van der Waals surface area contributed by atoms with E-state index in [0.29, 0.717) is 19.0 Å². The topological polar surface area (TPSA) is 40.6 Å². The Morgan fingerprint density at radius 2 is 1.75 bits per heavy atom. The number of hydrogen-bond donors (Lipinski definition) is 0. The van der Waals surface area contributed by atoms with E-state index >= 15 is 0 Å². The predicted octanol–water partition coefficient (Wildman–Crippen LogP) is 0.733. The lowest BCUT2D eigenvalue weighted by atomic mass is 9.74. The third kappa shape index (κ3) is 1.86. The summed E-state index contributed by atoms with van der Waals surface area (Å²) in [5.74, 6) is 0.475. The smallest absolute Gasteiger partial charge is 0.211 e. The van der Waals surface area contributed by atoms with Gasteiger partial charge in [0.2, 0.25) is 10.0 Å². The van der Waals surface area contributed by atoms with Crippen molar-refractivity contribution >= 4 is 10.0 Å². The van der Waals surface area contributed by atoms with Crippen LogP contribution in [0.1, 0.15) is 13.8 Å². The Kier molecular flexibility index (Phi) is 2.58. The second kappa shape index (κ2) is 3.47. The molecule has 0 aromatic rings. The molecule has 2 aliphatic heterocycles. The first-order valence-electron chi connectivity index (χ1n) is 5.62. The molecule has 0 amide bonds. The Morgan fingerprint density at radius 1 is 1.25 bits per heavy atom. The van der Waals surface area contributed by atoms with E-state index in [0.717, 1.165) is 13.1 Å². The Morgan fingerprint density at radius 3 is 2.12 bits per heavy atom. The summed E-state index contributed by atoms with van der Waals surface area (Å²) in [7, 11) is -2.98. The molecule has 1 spiro atoms. The van der Waals surface area contributed by atoms with E-state index in [4.69, 9.17) is 0 Å². The van der Waals surface area contributed by atoms with Crippen LogP contribution >= 0.6 is 0 Å². The zero-order valence-electron chi connectivity index (χ0n) is 10.2. The molecule has 0 N–H and O–H groups in total. The first-order valence-corrected chi connectivity index (χ1v) is 7.47. The van der Waals surface area contributed by atoms with Gasteiger partial charge in [0.05, 0.1) is 6.26 Å². The van der Waals surface area contributed by atoms with Crippen LogP contribution in [0.5, 0.6) is 0 Å². The van der Waals surface area contributed by atoms with E-state index in [1.807, 2.05) is 0 Å². The van der Waals surface area contributed by atoms with Gasteiger partial charge >= 0.3 is 0 Å². The van der Waals surface area contributed by atoms with Crippen LogP contribution < -0.4 is 0 Å². The molecule has 2 fully saturated rings. The second-order valence-corrected chi connectivity index (χ2v) is 7.52. The van der Waals surface area contributed by atoms with E-state index in [9.17, 15) is 8.42 Å². The summed E-state index contributed by atoms with van der Waals surface area (Å²) in [4.78, 5) is 2.27. The fraction of sp³-hybridized carbons (Fsp3) is 0.818. The van der Waals surface area contributed by atoms with Crippen LogP contribution in [0, 0.1) is 11.3 Å². The molecular weight excluding hydrogens is 224 g/mol. The van der Waals surface area contributed by atoms with Crippen molar-refractivity contribution in [3.8, 4) is 0 Å². The highest BCUT2D eigenvalue weighted by Gasteiger charge is 2.54. The summed E-state index contributed by atoms with van der Waals surface area (Å²) in [6.45, 7) is 11.6. The van der Waals surface area contributed by atoms with Crippen LogP contribution in [0.4, 0.5) is 0 Å². The van der Waals surface area contributed by atoms with Crippen molar-refractivity contribution in [2.75, 3.05) is 32.4 Å². The molecule has 0 bridgehead atoms. The summed E-state index contributed by atoms with van der Waals surface area (Å²) in [6.07, 6.45) is 1.28. The van der Waals surface area contributed by atoms with Crippen molar-refractivity contribution in [3.63, 3.8) is 0 Å². The van der Waals surface area contributed by atoms with Crippen molar-refractivity contribution in [3.05, 3.63) is 12.3 Å². The van der Waals surface area contributed by atoms with Gasteiger partial charge in [0.15, 0.2) is 0 Å². The van der Waals surface area contributed by atoms with Gasteiger partial charge < -0.3 is 4.90 Å². The van der Waals surface area contributed by atoms with Gasteiger partial charge in [-0.05, 0) is 5.92 Å². The van der Waals surface area contributed by atoms with Crippen LogP contribution in [-0.4, -0.2) is 50.1 Å². The highest BCUT2D eigenvalue weighted by Crippen LogP contribution is 2.42. The second-order valence-electron chi connectivity index (χ2n) is 5.53. The SMILES string of the molecule is C=C(C(C)C)N1CC2(C1)CN(S(C)(=O)=O)C2. The normalized spacial score (nSPS) is 24.4. The van der Waals surface area contributed by atoms with Crippen LogP contribution in [0.3, 0.4) is 0 Å². The van der Waals surface area contributed by atoms with E-state index in [-0.39, 0.29) is 5.41 Å². The summed E-state index contributed by atoms with van der Waals surface area (Å²) >= 11 is 0. The van der Waals surface area contributed by atoms with Gasteiger partial charge in [-0.2, -0.15) is 0 Å². The lowest BCUT2D eigenvalue weighted by Crippen LogP contribution is -2.72. The molecule has 0 saturated carbocycles. The van der Waals surface area contributed by atoms with E-state index in [1.54, 1.807) is 4.31 Å². The van der Waals surface area contributed by atoms with E-state index < -0.39 is 10.0 Å². The van der Waals surface area contributed by atoms with Gasteiger partial charge in [-0.15, -0.1) is 0 Å². The molecule has 2 saturated heterocycles. The zero-order chi connectivity index (χ0) is 12.1. The summed E-state index contributed by atoms with van der Waals surface area (Å²) in [5, 5.41) is 0. The van der Waals surface area contributed by atoms with Crippen LogP contribution in [0.25, 0.3) is 0 Å². The fourth-order valence-electron chi connectivity index (χ4n) is 2.47. The molecule has 5 heteroatoms. The predicted molar refractivity (Wildman–Crippen MR) is 64.4 cm³/mol. The zero-order valence-corrected chi connectivity index (χ0v) is 11.0. The number of hydrogen-bond acceptors (Lipinski definition) is 3. The molecule has 0 radical (unpaired) electrons. The van der Waals surface area contributed by atoms with Crippen molar-refractivity contribution < 1.29 is 8.42 Å². The molecule has 2 rings (SSSR count). The molecule has 0 atom stereocenters. The van der Waals surface area contributed by atoms with E-state index in [2.05, 4.69) is 25.3 Å². The Balaban J connectivity index is 1.85. The highest BCUT2D eigenvalue weighted by molar-refractivity contribution is 7.88. The van der Waals surface area contributed by atoms with Gasteiger partial charge in [-0.25, -0.2) is 12.7 Å². The van der Waals surface area contributed by atoms with Gasteiger partial charge in [0, 0.05) is 37.3 Å². The lowest BCUT2D eigenvalue weighted by molar-refractivity contribution is -0.0660. The minimum Gasteiger partial charge on any atom is -0.374 e. The third-order valence-electron chi connectivity index (χ3n) is 3.62. The quantitative estimate of drug-likeness (QED) is 0.735. The molecule has 2 aliphatic rings. The summed E-state index contributed by atoms with van der Waals surface area (Å²) in [5.41, 5.74) is 1.39. The number of rotatable bonds is 3. The van der Waals surface area contributed by atoms with Crippen LogP contribution in [0.2, 0.25) is 0 Å². The Hall–Kier alpha value is -0.550. The Labute approximate surface area is 98.0 Å². The average molecular weight is 244 g/mol. The maximum atomic E-state index is 11.3. The van der Waals surface area contributed by atoms with Crippen molar-refractivity contribution in [1.29, 1.82) is 0 Å². The van der Waals surface area contributed by atoms with E-state index in [1.165, 1.54) is 12.0 Å². The molecule has 0 aromatic heterocycles. The minimum absolute atomic E-state index is 0.223. The largest absolute Gasteiger partial charge is 0.374 e. The van der Waals surface area contributed by atoms with Crippen molar-refractivity contribution in [1.82, 2.24) is 9.21 Å². The summed E-state index contributed by atoms with van der Waals surface area (Å²) in [6, 6.07) is 0. The van der Waals surface area contributed by atoms with Gasteiger partial charge in [-0.3, -0.25) is 0 Å². The molecule has 4 nitrogen and oxygen atoms in total. The van der Waals surface area contributed by atoms with Crippen LogP contribution in [-0.2, 0) is 10.0 Å². The maximum Gasteiger partial charge on any atom is 0.211 e. The molecule has 16 heavy (non-hydrogen) atoms. The third-order valence-corrected chi connectivity index (χ3v) is 4.81. The first-order chi connectivity index (χ1) is 7.23. The lowest BCUT2D eigenvalue weighted by Gasteiger charge is -2.60. The minimum atomic E-state index is -2.98. The molecule has 92 valence electrons. The van der Waals surface area contributed by atoms with Crippen LogP contribution in [0.15, 0.2) is 12.3 Å². The molecular formula is C11H20N2O2S. The number of sulfonamides is 1. The van der Waals surface area contributed by atoms with Gasteiger partial charge in [-0.1, -0.05) is 20.4 Å².